The molecule has 46 heavy (non-hydrogen) atoms. The number of halogens is 3. The summed E-state index contributed by atoms with van der Waals surface area (Å²) in [6.45, 7) is 1.71. The van der Waals surface area contributed by atoms with Gasteiger partial charge in [0.25, 0.3) is 5.91 Å². The molecule has 1 N–H and O–H groups in total. The number of amides is 3. The number of aromatic nitrogens is 1. The molecule has 3 aliphatic heterocycles. The number of anilines is 1. The lowest BCUT2D eigenvalue weighted by Crippen LogP contribution is -2.43. The van der Waals surface area contributed by atoms with Gasteiger partial charge in [0.15, 0.2) is 6.61 Å². The molecule has 2 saturated carbocycles. The van der Waals surface area contributed by atoms with Crippen LogP contribution in [0.2, 0.25) is 0 Å². The van der Waals surface area contributed by atoms with Gasteiger partial charge in [-0.1, -0.05) is 41.7 Å². The Morgan fingerprint density at radius 3 is 2.43 bits per heavy atom. The van der Waals surface area contributed by atoms with E-state index in [0.29, 0.717) is 43.5 Å². The van der Waals surface area contributed by atoms with E-state index in [1.54, 1.807) is 17.0 Å². The summed E-state index contributed by atoms with van der Waals surface area (Å²) in [6, 6.07) is 12.0. The Labute approximate surface area is 269 Å². The highest BCUT2D eigenvalue weighted by atomic mass is 32.2. The molecule has 0 unspecified atom stereocenters. The number of imide groups is 1. The summed E-state index contributed by atoms with van der Waals surface area (Å²) in [4.78, 5) is 59.5. The Bertz CT molecular complexity index is 1800. The first-order valence-electron chi connectivity index (χ1n) is 15.1. The molecule has 1 aromatic heterocycles. The Balaban J connectivity index is 1.15. The van der Waals surface area contributed by atoms with E-state index in [-0.39, 0.29) is 46.3 Å². The van der Waals surface area contributed by atoms with E-state index in [1.165, 1.54) is 30.0 Å². The molecule has 240 valence electrons. The number of aromatic amines is 1. The van der Waals surface area contributed by atoms with Gasteiger partial charge in [-0.15, -0.1) is 11.8 Å². The van der Waals surface area contributed by atoms with Gasteiger partial charge in [-0.3, -0.25) is 19.2 Å². The van der Waals surface area contributed by atoms with Crippen LogP contribution in [-0.4, -0.2) is 65.8 Å². The molecule has 2 aliphatic carbocycles. The summed E-state index contributed by atoms with van der Waals surface area (Å²) in [5.74, 6) is -3.52. The van der Waals surface area contributed by atoms with E-state index in [2.05, 4.69) is 4.98 Å². The predicted octanol–water partition coefficient (Wildman–Crippen LogP) is 4.37. The first-order valence-corrected chi connectivity index (χ1v) is 16.8. The van der Waals surface area contributed by atoms with E-state index in [1.807, 2.05) is 12.1 Å². The van der Waals surface area contributed by atoms with E-state index < -0.39 is 41.1 Å². The van der Waals surface area contributed by atoms with Crippen molar-refractivity contribution in [2.24, 2.45) is 29.6 Å². The van der Waals surface area contributed by atoms with Crippen LogP contribution < -0.4 is 14.5 Å². The molecule has 4 heterocycles. The predicted molar refractivity (Wildman–Crippen MR) is 162 cm³/mol. The fourth-order valence-electron chi connectivity index (χ4n) is 8.42. The Morgan fingerprint density at radius 2 is 1.67 bits per heavy atom. The van der Waals surface area contributed by atoms with E-state index >= 15 is 0 Å². The highest BCUT2D eigenvalue weighted by Crippen LogP contribution is 2.69. The Kier molecular flexibility index (Phi) is 7.11. The number of benzene rings is 2. The second-order valence-corrected chi connectivity index (χ2v) is 14.5. The minimum atomic E-state index is -4.74. The molecule has 3 aromatic rings. The van der Waals surface area contributed by atoms with Gasteiger partial charge in [0.05, 0.1) is 41.3 Å². The highest BCUT2D eigenvalue weighted by Gasteiger charge is 2.70. The maximum Gasteiger partial charge on any atom is 0.418 e. The molecule has 0 spiro atoms. The van der Waals surface area contributed by atoms with E-state index in [4.69, 9.17) is 9.47 Å². The molecule has 0 radical (unpaired) electrons. The van der Waals surface area contributed by atoms with Gasteiger partial charge in [-0.05, 0) is 42.4 Å². The average molecular weight is 672 g/mol. The van der Waals surface area contributed by atoms with Crippen LogP contribution in [0.3, 0.4) is 0 Å². The summed E-state index contributed by atoms with van der Waals surface area (Å²) in [5, 5.41) is 0.534. The number of fused-ring (bicyclic) bond motifs is 9. The zero-order valence-electron chi connectivity index (χ0n) is 24.2. The molecule has 14 heteroatoms. The number of alkyl halides is 3. The number of carbonyl (C=O) groups is 3. The first kappa shape index (κ1) is 29.8. The Hall–Kier alpha value is -3.62. The topological polar surface area (TPSA) is 109 Å². The lowest BCUT2D eigenvalue weighted by atomic mass is 9.68. The summed E-state index contributed by atoms with van der Waals surface area (Å²) in [7, 11) is 0. The number of nitrogens with zero attached hydrogens (tertiary/aromatic N) is 2. The van der Waals surface area contributed by atoms with Crippen molar-refractivity contribution in [3.05, 3.63) is 74.2 Å². The van der Waals surface area contributed by atoms with Crippen LogP contribution in [0, 0.1) is 29.6 Å². The average Bonchev–Trinajstić information content (AvgIpc) is 3.78. The summed E-state index contributed by atoms with van der Waals surface area (Å²) in [6.07, 6.45) is -4.16. The number of morpholine rings is 1. The van der Waals surface area contributed by atoms with Gasteiger partial charge in [0.1, 0.15) is 5.75 Å². The second-order valence-electron chi connectivity index (χ2n) is 12.3. The number of para-hydroxylation sites is 2. The molecule has 5 aliphatic rings. The van der Waals surface area contributed by atoms with Crippen LogP contribution in [0.1, 0.15) is 28.3 Å². The van der Waals surface area contributed by atoms with Gasteiger partial charge < -0.3 is 19.4 Å². The number of hydrogen-bond donors (Lipinski definition) is 1. The van der Waals surface area contributed by atoms with Crippen molar-refractivity contribution < 1.29 is 37.0 Å². The third-order valence-electron chi connectivity index (χ3n) is 10.1. The zero-order chi connectivity index (χ0) is 31.9. The molecule has 7 atom stereocenters. The van der Waals surface area contributed by atoms with Crippen molar-refractivity contribution in [3.8, 4) is 5.75 Å². The molecule has 4 fully saturated rings. The van der Waals surface area contributed by atoms with Crippen LogP contribution in [-0.2, 0) is 25.3 Å². The number of thioether (sulfide) groups is 1. The number of H-pyrrole nitrogens is 1. The normalized spacial score (nSPS) is 29.9. The van der Waals surface area contributed by atoms with Crippen LogP contribution in [0.25, 0.3) is 0 Å². The molecule has 9 nitrogen and oxygen atoms in total. The minimum Gasteiger partial charge on any atom is -0.483 e. The van der Waals surface area contributed by atoms with Crippen molar-refractivity contribution in [2.45, 2.75) is 28.8 Å². The zero-order valence-corrected chi connectivity index (χ0v) is 25.8. The molecule has 2 saturated heterocycles. The first-order chi connectivity index (χ1) is 22.1. The second kappa shape index (κ2) is 11.0. The summed E-state index contributed by atoms with van der Waals surface area (Å²) < 4.78 is 53.4. The molecule has 2 aromatic carbocycles. The maximum atomic E-state index is 14.0. The number of thiazole rings is 1. The maximum absolute atomic E-state index is 14.0. The third kappa shape index (κ3) is 4.54. The van der Waals surface area contributed by atoms with Gasteiger partial charge >= 0.3 is 11.0 Å². The minimum absolute atomic E-state index is 0.161. The number of carbonyl (C=O) groups excluding carboxylic acids is 3. The third-order valence-corrected chi connectivity index (χ3v) is 12.7. The van der Waals surface area contributed by atoms with Crippen LogP contribution in [0.15, 0.2) is 58.4 Å². The van der Waals surface area contributed by atoms with Crippen molar-refractivity contribution in [1.29, 1.82) is 0 Å². The van der Waals surface area contributed by atoms with Gasteiger partial charge in [-0.25, -0.2) is 4.90 Å². The van der Waals surface area contributed by atoms with Crippen molar-refractivity contribution in [3.63, 3.8) is 0 Å². The standard InChI is InChI=1S/C32H28F3N3O6S2/c33-32(34,35)18-6-2-3-7-19(18)38-29(40)24-16-13-17(25(24)30(38)41)26-23(16)22(27-28(45-26)36-31(42)46-27)15-5-1-4-8-20(15)44-14-21(39)37-9-11-43-12-10-37/h1-8,16-17,22-26H,9-14H2,(H,36,42)/t16-,17-,22+,23-,24+,25+,26-/m1/s1. The van der Waals surface area contributed by atoms with Gasteiger partial charge in [0.2, 0.25) is 11.8 Å². The smallest absolute Gasteiger partial charge is 0.418 e. The Morgan fingerprint density at radius 1 is 0.978 bits per heavy atom. The summed E-state index contributed by atoms with van der Waals surface area (Å²) >= 11 is 2.58. The fraction of sp³-hybridized carbons (Fsp3) is 0.438. The van der Waals surface area contributed by atoms with Crippen LogP contribution in [0.4, 0.5) is 18.9 Å². The van der Waals surface area contributed by atoms with Crippen molar-refractivity contribution in [2.75, 3.05) is 37.8 Å². The molecular formula is C32H28F3N3O6S2. The number of nitrogens with one attached hydrogen (secondary N) is 1. The SMILES string of the molecule is O=C(COc1ccccc1[C@@H]1c2sc(=O)[nH]c2S[C@@H]2[C@@H]3C[C@@H]([C@@H]4C(=O)N(c5ccccc5C(F)(F)F)C(=O)[C@@H]34)[C@H]12)N1CCOCC1. The quantitative estimate of drug-likeness (QED) is 0.402. The van der Waals surface area contributed by atoms with E-state index in [0.717, 1.165) is 32.7 Å². The van der Waals surface area contributed by atoms with Crippen LogP contribution >= 0.6 is 23.1 Å². The van der Waals surface area contributed by atoms with Crippen molar-refractivity contribution in [1.82, 2.24) is 9.88 Å². The number of rotatable bonds is 5. The van der Waals surface area contributed by atoms with Crippen LogP contribution in [0.5, 0.6) is 5.75 Å². The van der Waals surface area contributed by atoms with Gasteiger partial charge in [0, 0.05) is 34.7 Å². The lowest BCUT2D eigenvalue weighted by molar-refractivity contribution is -0.138. The molecule has 8 rings (SSSR count). The monoisotopic (exact) mass is 671 g/mol. The van der Waals surface area contributed by atoms with E-state index in [9.17, 15) is 32.3 Å². The number of ether oxygens (including phenoxy) is 2. The molecule has 2 bridgehead atoms. The number of hydrogen-bond acceptors (Lipinski definition) is 8. The highest BCUT2D eigenvalue weighted by molar-refractivity contribution is 8.00. The lowest BCUT2D eigenvalue weighted by Gasteiger charge is -2.43. The van der Waals surface area contributed by atoms with Crippen molar-refractivity contribution >= 4 is 46.5 Å². The molecule has 3 amide bonds. The fourth-order valence-corrected chi connectivity index (χ4v) is 11.3. The largest absolute Gasteiger partial charge is 0.483 e. The van der Waals surface area contributed by atoms with Gasteiger partial charge in [-0.2, -0.15) is 13.2 Å². The summed E-state index contributed by atoms with van der Waals surface area (Å²) in [5.41, 5.74) is -0.687. The molecular weight excluding hydrogens is 643 g/mol.